The van der Waals surface area contributed by atoms with Crippen molar-refractivity contribution in [3.8, 4) is 0 Å². The fourth-order valence-corrected chi connectivity index (χ4v) is 3.68. The van der Waals surface area contributed by atoms with E-state index in [-0.39, 0.29) is 22.2 Å². The van der Waals surface area contributed by atoms with E-state index in [0.717, 1.165) is 25.8 Å². The minimum atomic E-state index is -1.28. The lowest BCUT2D eigenvalue weighted by atomic mass is 10.1. The van der Waals surface area contributed by atoms with Crippen molar-refractivity contribution in [2.45, 2.75) is 30.6 Å². The number of aromatic nitrogens is 1. The zero-order chi connectivity index (χ0) is 17.0. The summed E-state index contributed by atoms with van der Waals surface area (Å²) in [6.45, 7) is 1.38. The summed E-state index contributed by atoms with van der Waals surface area (Å²) in [4.78, 5) is 25.7. The SMILES string of the molecule is O=C(O)c1cn(C2CC2)c2cc(N3CCC(S)C3)c(F)cc2c1=O. The second-order valence-electron chi connectivity index (χ2n) is 6.52. The Morgan fingerprint density at radius 1 is 1.29 bits per heavy atom. The maximum absolute atomic E-state index is 14.6. The van der Waals surface area contributed by atoms with E-state index in [1.165, 1.54) is 12.3 Å². The van der Waals surface area contributed by atoms with E-state index < -0.39 is 17.2 Å². The average molecular weight is 348 g/mol. The molecule has 1 saturated carbocycles. The van der Waals surface area contributed by atoms with Gasteiger partial charge in [0.25, 0.3) is 0 Å². The molecule has 2 aromatic rings. The number of halogens is 1. The Kier molecular flexibility index (Phi) is 3.56. The standard InChI is InChI=1S/C17H17FN2O3S/c18-13-5-11-14(6-15(13)19-4-3-10(24)7-19)20(9-1-2-9)8-12(16(11)21)17(22)23/h5-6,8-10,24H,1-4,7H2,(H,22,23). The van der Waals surface area contributed by atoms with Crippen molar-refractivity contribution in [1.29, 1.82) is 0 Å². The Morgan fingerprint density at radius 2 is 2.04 bits per heavy atom. The van der Waals surface area contributed by atoms with Crippen molar-refractivity contribution in [3.63, 3.8) is 0 Å². The van der Waals surface area contributed by atoms with Crippen LogP contribution in [0.3, 0.4) is 0 Å². The van der Waals surface area contributed by atoms with Crippen LogP contribution < -0.4 is 10.3 Å². The molecule has 4 rings (SSSR count). The number of rotatable bonds is 3. The van der Waals surface area contributed by atoms with E-state index >= 15 is 0 Å². The summed E-state index contributed by atoms with van der Waals surface area (Å²) in [6.07, 6.45) is 4.16. The zero-order valence-electron chi connectivity index (χ0n) is 12.9. The van der Waals surface area contributed by atoms with E-state index in [2.05, 4.69) is 12.6 Å². The quantitative estimate of drug-likeness (QED) is 0.837. The van der Waals surface area contributed by atoms with Gasteiger partial charge in [0.2, 0.25) is 5.43 Å². The minimum absolute atomic E-state index is 0.129. The molecule has 1 atom stereocenters. The molecule has 1 aromatic carbocycles. The van der Waals surface area contributed by atoms with Crippen LogP contribution in [0.25, 0.3) is 10.9 Å². The fourth-order valence-electron chi connectivity index (χ4n) is 3.37. The van der Waals surface area contributed by atoms with Crippen LogP contribution in [-0.2, 0) is 0 Å². The number of benzene rings is 1. The van der Waals surface area contributed by atoms with Crippen LogP contribution >= 0.6 is 12.6 Å². The van der Waals surface area contributed by atoms with E-state index in [1.54, 1.807) is 6.07 Å². The number of fused-ring (bicyclic) bond motifs is 1. The van der Waals surface area contributed by atoms with Gasteiger partial charge >= 0.3 is 5.97 Å². The van der Waals surface area contributed by atoms with E-state index in [0.29, 0.717) is 17.7 Å². The Hall–Kier alpha value is -2.02. The number of hydrogen-bond acceptors (Lipinski definition) is 4. The second kappa shape index (κ2) is 5.51. The average Bonchev–Trinajstić information content (AvgIpc) is 3.28. The van der Waals surface area contributed by atoms with Crippen molar-refractivity contribution in [3.05, 3.63) is 39.9 Å². The van der Waals surface area contributed by atoms with Crippen molar-refractivity contribution in [1.82, 2.24) is 4.57 Å². The molecule has 0 amide bonds. The van der Waals surface area contributed by atoms with Gasteiger partial charge in [-0.15, -0.1) is 0 Å². The molecule has 1 aliphatic carbocycles. The first-order valence-corrected chi connectivity index (χ1v) is 8.52. The number of aromatic carboxylic acids is 1. The molecule has 1 aromatic heterocycles. The monoisotopic (exact) mass is 348 g/mol. The molecular formula is C17H17FN2O3S. The third-order valence-corrected chi connectivity index (χ3v) is 5.20. The molecule has 7 heteroatoms. The maximum Gasteiger partial charge on any atom is 0.341 e. The van der Waals surface area contributed by atoms with Crippen molar-refractivity contribution >= 4 is 35.2 Å². The van der Waals surface area contributed by atoms with Gasteiger partial charge in [-0.25, -0.2) is 9.18 Å². The topological polar surface area (TPSA) is 62.5 Å². The molecule has 1 saturated heterocycles. The number of carboxylic acid groups (broad SMARTS) is 1. The molecule has 2 aliphatic rings. The van der Waals surface area contributed by atoms with E-state index in [4.69, 9.17) is 0 Å². The first-order valence-electron chi connectivity index (χ1n) is 8.00. The number of hydrogen-bond donors (Lipinski definition) is 2. The summed E-state index contributed by atoms with van der Waals surface area (Å²) >= 11 is 4.44. The first-order chi connectivity index (χ1) is 11.5. The molecule has 0 radical (unpaired) electrons. The molecule has 1 N–H and O–H groups in total. The summed E-state index contributed by atoms with van der Waals surface area (Å²) in [5, 5.41) is 9.59. The molecule has 2 heterocycles. The van der Waals surface area contributed by atoms with Crippen molar-refractivity contribution < 1.29 is 14.3 Å². The minimum Gasteiger partial charge on any atom is -0.477 e. The molecule has 0 spiro atoms. The lowest BCUT2D eigenvalue weighted by Gasteiger charge is -2.21. The van der Waals surface area contributed by atoms with Gasteiger partial charge in [0, 0.05) is 36.0 Å². The summed E-state index contributed by atoms with van der Waals surface area (Å²) < 4.78 is 16.4. The summed E-state index contributed by atoms with van der Waals surface area (Å²) in [5.41, 5.74) is 0.119. The highest BCUT2D eigenvalue weighted by molar-refractivity contribution is 7.81. The number of carboxylic acids is 1. The highest BCUT2D eigenvalue weighted by Crippen LogP contribution is 2.38. The Morgan fingerprint density at radius 3 is 2.62 bits per heavy atom. The number of carbonyl (C=O) groups is 1. The normalized spacial score (nSPS) is 20.8. The number of nitrogens with zero attached hydrogens (tertiary/aromatic N) is 2. The predicted octanol–water partition coefficient (Wildman–Crippen LogP) is 2.68. The molecule has 5 nitrogen and oxygen atoms in total. The zero-order valence-corrected chi connectivity index (χ0v) is 13.8. The van der Waals surface area contributed by atoms with Gasteiger partial charge < -0.3 is 14.6 Å². The van der Waals surface area contributed by atoms with Crippen molar-refractivity contribution in [2.75, 3.05) is 18.0 Å². The third kappa shape index (κ3) is 2.47. The summed E-state index contributed by atoms with van der Waals surface area (Å²) in [6, 6.07) is 3.05. The number of pyridine rings is 1. The smallest absolute Gasteiger partial charge is 0.341 e. The maximum atomic E-state index is 14.6. The van der Waals surface area contributed by atoms with E-state index in [9.17, 15) is 19.1 Å². The molecule has 2 fully saturated rings. The van der Waals surface area contributed by atoms with Gasteiger partial charge in [0.15, 0.2) is 0 Å². The van der Waals surface area contributed by atoms with Crippen molar-refractivity contribution in [2.24, 2.45) is 0 Å². The fraction of sp³-hybridized carbons (Fsp3) is 0.412. The number of thiol groups is 1. The van der Waals surface area contributed by atoms with Gasteiger partial charge in [-0.1, -0.05) is 0 Å². The van der Waals surface area contributed by atoms with Gasteiger partial charge in [-0.2, -0.15) is 12.6 Å². The highest BCUT2D eigenvalue weighted by atomic mass is 32.1. The van der Waals surface area contributed by atoms with Gasteiger partial charge in [0.1, 0.15) is 11.4 Å². The Labute approximate surface area is 143 Å². The molecular weight excluding hydrogens is 331 g/mol. The first kappa shape index (κ1) is 15.5. The van der Waals surface area contributed by atoms with Crippen LogP contribution in [0.1, 0.15) is 35.7 Å². The Bertz CT molecular complexity index is 907. The molecule has 1 aliphatic heterocycles. The largest absolute Gasteiger partial charge is 0.477 e. The lowest BCUT2D eigenvalue weighted by molar-refractivity contribution is 0.0695. The van der Waals surface area contributed by atoms with Gasteiger partial charge in [-0.05, 0) is 31.4 Å². The third-order valence-electron chi connectivity index (χ3n) is 4.78. The summed E-state index contributed by atoms with van der Waals surface area (Å²) in [7, 11) is 0. The van der Waals surface area contributed by atoms with Crippen LogP contribution in [-0.4, -0.2) is 34.0 Å². The van der Waals surface area contributed by atoms with Crippen LogP contribution in [0.15, 0.2) is 23.1 Å². The van der Waals surface area contributed by atoms with Crippen LogP contribution in [0.5, 0.6) is 0 Å². The highest BCUT2D eigenvalue weighted by Gasteiger charge is 2.29. The van der Waals surface area contributed by atoms with Crippen LogP contribution in [0, 0.1) is 5.82 Å². The van der Waals surface area contributed by atoms with Gasteiger partial charge in [0.05, 0.1) is 11.2 Å². The van der Waals surface area contributed by atoms with E-state index in [1.807, 2.05) is 9.47 Å². The van der Waals surface area contributed by atoms with Crippen LogP contribution in [0.4, 0.5) is 10.1 Å². The molecule has 0 bridgehead atoms. The Balaban J connectivity index is 1.95. The van der Waals surface area contributed by atoms with Crippen LogP contribution in [0.2, 0.25) is 0 Å². The molecule has 24 heavy (non-hydrogen) atoms. The molecule has 126 valence electrons. The number of anilines is 1. The lowest BCUT2D eigenvalue weighted by Crippen LogP contribution is -2.23. The van der Waals surface area contributed by atoms with Gasteiger partial charge in [-0.3, -0.25) is 4.79 Å². The second-order valence-corrected chi connectivity index (χ2v) is 7.26. The summed E-state index contributed by atoms with van der Waals surface area (Å²) in [5.74, 6) is -1.77. The predicted molar refractivity (Wildman–Crippen MR) is 93.0 cm³/mol. The molecule has 1 unspecified atom stereocenters.